The molecular weight excluding hydrogens is 274 g/mol. The summed E-state index contributed by atoms with van der Waals surface area (Å²) in [7, 11) is 1.60. The van der Waals surface area contributed by atoms with Gasteiger partial charge in [0.1, 0.15) is 5.75 Å². The maximum Gasteiger partial charge on any atom is 0.251 e. The van der Waals surface area contributed by atoms with Gasteiger partial charge in [-0.3, -0.25) is 4.79 Å². The first kappa shape index (κ1) is 16.1. The Morgan fingerprint density at radius 1 is 1.09 bits per heavy atom. The number of amides is 1. The van der Waals surface area contributed by atoms with Crippen LogP contribution in [0.25, 0.3) is 0 Å². The van der Waals surface area contributed by atoms with E-state index in [4.69, 9.17) is 4.74 Å². The summed E-state index contributed by atoms with van der Waals surface area (Å²) in [6, 6.07) is 15.8. The second kappa shape index (κ2) is 8.23. The highest BCUT2D eigenvalue weighted by Crippen LogP contribution is 2.12. The highest BCUT2D eigenvalue weighted by molar-refractivity contribution is 5.94. The molecule has 2 rings (SSSR count). The van der Waals surface area contributed by atoms with E-state index in [1.807, 2.05) is 12.1 Å². The van der Waals surface area contributed by atoms with E-state index in [-0.39, 0.29) is 5.91 Å². The Balaban J connectivity index is 1.69. The Hall–Kier alpha value is -2.29. The fourth-order valence-electron chi connectivity index (χ4n) is 2.28. The number of methoxy groups -OCH3 is 1. The SMILES string of the molecule is COc1cccc(C(=O)NCCCCc2ccc(C)cc2)c1. The lowest BCUT2D eigenvalue weighted by molar-refractivity contribution is 0.0952. The highest BCUT2D eigenvalue weighted by atomic mass is 16.5. The van der Waals surface area contributed by atoms with Crippen LogP contribution in [0.2, 0.25) is 0 Å². The fourth-order valence-corrected chi connectivity index (χ4v) is 2.28. The summed E-state index contributed by atoms with van der Waals surface area (Å²) >= 11 is 0. The van der Waals surface area contributed by atoms with E-state index in [2.05, 4.69) is 36.5 Å². The van der Waals surface area contributed by atoms with Crippen molar-refractivity contribution in [1.29, 1.82) is 0 Å². The summed E-state index contributed by atoms with van der Waals surface area (Å²) in [5.41, 5.74) is 3.27. The largest absolute Gasteiger partial charge is 0.497 e. The van der Waals surface area contributed by atoms with Gasteiger partial charge in [0.2, 0.25) is 0 Å². The van der Waals surface area contributed by atoms with Crippen molar-refractivity contribution < 1.29 is 9.53 Å². The van der Waals surface area contributed by atoms with Crippen molar-refractivity contribution >= 4 is 5.91 Å². The van der Waals surface area contributed by atoms with Crippen LogP contribution in [0.4, 0.5) is 0 Å². The third-order valence-electron chi connectivity index (χ3n) is 3.63. The molecule has 0 aliphatic rings. The van der Waals surface area contributed by atoms with Gasteiger partial charge in [0, 0.05) is 12.1 Å². The molecule has 0 saturated heterocycles. The number of hydrogen-bond donors (Lipinski definition) is 1. The quantitative estimate of drug-likeness (QED) is 0.790. The first-order valence-corrected chi connectivity index (χ1v) is 7.67. The molecule has 1 N–H and O–H groups in total. The molecule has 3 heteroatoms. The molecule has 0 radical (unpaired) electrons. The number of aryl methyl sites for hydroxylation is 2. The van der Waals surface area contributed by atoms with E-state index in [0.29, 0.717) is 17.9 Å². The van der Waals surface area contributed by atoms with E-state index < -0.39 is 0 Å². The zero-order valence-corrected chi connectivity index (χ0v) is 13.3. The van der Waals surface area contributed by atoms with Crippen LogP contribution in [0.15, 0.2) is 48.5 Å². The molecule has 0 aromatic heterocycles. The minimum absolute atomic E-state index is 0.0470. The van der Waals surface area contributed by atoms with Crippen LogP contribution in [0.3, 0.4) is 0 Å². The third kappa shape index (κ3) is 4.92. The summed E-state index contributed by atoms with van der Waals surface area (Å²) in [6.07, 6.45) is 3.10. The number of benzene rings is 2. The van der Waals surface area contributed by atoms with Crippen LogP contribution < -0.4 is 10.1 Å². The fraction of sp³-hybridized carbons (Fsp3) is 0.316. The van der Waals surface area contributed by atoms with Gasteiger partial charge >= 0.3 is 0 Å². The lowest BCUT2D eigenvalue weighted by Crippen LogP contribution is -2.24. The molecule has 116 valence electrons. The van der Waals surface area contributed by atoms with Crippen molar-refractivity contribution in [2.24, 2.45) is 0 Å². The first-order valence-electron chi connectivity index (χ1n) is 7.67. The van der Waals surface area contributed by atoms with Crippen molar-refractivity contribution in [3.8, 4) is 5.75 Å². The van der Waals surface area contributed by atoms with E-state index in [9.17, 15) is 4.79 Å². The van der Waals surface area contributed by atoms with E-state index in [0.717, 1.165) is 19.3 Å². The van der Waals surface area contributed by atoms with Gasteiger partial charge in [0.25, 0.3) is 5.91 Å². The number of hydrogen-bond acceptors (Lipinski definition) is 2. The minimum Gasteiger partial charge on any atom is -0.497 e. The number of ether oxygens (including phenoxy) is 1. The molecular formula is C19H23NO2. The molecule has 0 bridgehead atoms. The van der Waals surface area contributed by atoms with Crippen LogP contribution in [-0.4, -0.2) is 19.6 Å². The Kier molecular flexibility index (Phi) is 6.01. The molecule has 0 saturated carbocycles. The molecule has 0 fully saturated rings. The second-order valence-corrected chi connectivity index (χ2v) is 5.43. The van der Waals surface area contributed by atoms with Gasteiger partial charge < -0.3 is 10.1 Å². The van der Waals surface area contributed by atoms with Gasteiger partial charge in [-0.1, -0.05) is 35.9 Å². The molecule has 3 nitrogen and oxygen atoms in total. The zero-order valence-electron chi connectivity index (χ0n) is 13.3. The summed E-state index contributed by atoms with van der Waals surface area (Å²) in [6.45, 7) is 2.79. The van der Waals surface area contributed by atoms with Gasteiger partial charge in [-0.05, 0) is 49.9 Å². The Morgan fingerprint density at radius 3 is 2.59 bits per heavy atom. The Labute approximate surface area is 132 Å². The monoisotopic (exact) mass is 297 g/mol. The predicted molar refractivity (Wildman–Crippen MR) is 89.4 cm³/mol. The molecule has 22 heavy (non-hydrogen) atoms. The van der Waals surface area contributed by atoms with E-state index >= 15 is 0 Å². The van der Waals surface area contributed by atoms with Crippen molar-refractivity contribution in [3.05, 3.63) is 65.2 Å². The molecule has 2 aromatic rings. The maximum absolute atomic E-state index is 12.0. The number of carbonyl (C=O) groups excluding carboxylic acids is 1. The third-order valence-corrected chi connectivity index (χ3v) is 3.63. The average Bonchev–Trinajstić information content (AvgIpc) is 2.56. The van der Waals surface area contributed by atoms with Crippen LogP contribution >= 0.6 is 0 Å². The average molecular weight is 297 g/mol. The number of nitrogens with one attached hydrogen (secondary N) is 1. The number of unbranched alkanes of at least 4 members (excludes halogenated alkanes) is 1. The van der Waals surface area contributed by atoms with Gasteiger partial charge in [-0.2, -0.15) is 0 Å². The molecule has 0 aliphatic carbocycles. The lowest BCUT2D eigenvalue weighted by atomic mass is 10.1. The van der Waals surface area contributed by atoms with Gasteiger partial charge in [-0.25, -0.2) is 0 Å². The second-order valence-electron chi connectivity index (χ2n) is 5.43. The van der Waals surface area contributed by atoms with E-state index in [1.54, 1.807) is 19.2 Å². The topological polar surface area (TPSA) is 38.3 Å². The van der Waals surface area contributed by atoms with Crippen molar-refractivity contribution in [2.45, 2.75) is 26.2 Å². The minimum atomic E-state index is -0.0470. The lowest BCUT2D eigenvalue weighted by Gasteiger charge is -2.07. The van der Waals surface area contributed by atoms with Gasteiger partial charge in [0.15, 0.2) is 0 Å². The Bertz CT molecular complexity index is 605. The summed E-state index contributed by atoms with van der Waals surface area (Å²) in [5.74, 6) is 0.654. The normalized spacial score (nSPS) is 10.3. The first-order chi connectivity index (χ1) is 10.7. The number of rotatable bonds is 7. The van der Waals surface area contributed by atoms with Gasteiger partial charge in [0.05, 0.1) is 7.11 Å². The molecule has 1 amide bonds. The van der Waals surface area contributed by atoms with Crippen LogP contribution in [0.5, 0.6) is 5.75 Å². The summed E-state index contributed by atoms with van der Waals surface area (Å²) < 4.78 is 5.13. The predicted octanol–water partition coefficient (Wildman–Crippen LogP) is 3.76. The zero-order chi connectivity index (χ0) is 15.8. The molecule has 0 atom stereocenters. The summed E-state index contributed by atoms with van der Waals surface area (Å²) in [4.78, 5) is 12.0. The molecule has 0 heterocycles. The maximum atomic E-state index is 12.0. The van der Waals surface area contributed by atoms with Gasteiger partial charge in [-0.15, -0.1) is 0 Å². The number of carbonyl (C=O) groups is 1. The van der Waals surface area contributed by atoms with Crippen LogP contribution in [-0.2, 0) is 6.42 Å². The van der Waals surface area contributed by atoms with Crippen molar-refractivity contribution in [1.82, 2.24) is 5.32 Å². The highest BCUT2D eigenvalue weighted by Gasteiger charge is 2.05. The van der Waals surface area contributed by atoms with Crippen LogP contribution in [0.1, 0.15) is 34.3 Å². The standard InChI is InChI=1S/C19H23NO2/c1-15-9-11-16(12-10-15)6-3-4-13-20-19(21)17-7-5-8-18(14-17)22-2/h5,7-12,14H,3-4,6,13H2,1-2H3,(H,20,21). The Morgan fingerprint density at radius 2 is 1.86 bits per heavy atom. The van der Waals surface area contributed by atoms with Crippen molar-refractivity contribution in [2.75, 3.05) is 13.7 Å². The van der Waals surface area contributed by atoms with Crippen LogP contribution in [0, 0.1) is 6.92 Å². The molecule has 0 aliphatic heterocycles. The van der Waals surface area contributed by atoms with Crippen molar-refractivity contribution in [3.63, 3.8) is 0 Å². The summed E-state index contributed by atoms with van der Waals surface area (Å²) in [5, 5.41) is 2.95. The van der Waals surface area contributed by atoms with E-state index in [1.165, 1.54) is 11.1 Å². The molecule has 0 spiro atoms. The molecule has 2 aromatic carbocycles. The smallest absolute Gasteiger partial charge is 0.251 e. The molecule has 0 unspecified atom stereocenters.